The molecule has 2 heterocycles. The summed E-state index contributed by atoms with van der Waals surface area (Å²) in [6.45, 7) is 2.82. The van der Waals surface area contributed by atoms with Crippen molar-refractivity contribution < 1.29 is 4.74 Å². The van der Waals surface area contributed by atoms with Crippen LogP contribution in [0.15, 0.2) is 6.20 Å². The Morgan fingerprint density at radius 3 is 3.14 bits per heavy atom. The van der Waals surface area contributed by atoms with Gasteiger partial charge in [0.25, 0.3) is 0 Å². The molecule has 78 valence electrons. The molecule has 1 aliphatic heterocycles. The zero-order valence-electron chi connectivity index (χ0n) is 8.10. The third kappa shape index (κ3) is 2.28. The second kappa shape index (κ2) is 4.61. The highest BCUT2D eigenvalue weighted by atomic mass is 32.2. The molecule has 1 saturated heterocycles. The lowest BCUT2D eigenvalue weighted by molar-refractivity contribution is 0.0755. The van der Waals surface area contributed by atoms with E-state index >= 15 is 0 Å². The fraction of sp³-hybridized carbons (Fsp3) is 0.667. The molecule has 0 amide bonds. The van der Waals surface area contributed by atoms with Crippen molar-refractivity contribution in [2.75, 3.05) is 18.1 Å². The summed E-state index contributed by atoms with van der Waals surface area (Å²) in [5.41, 5.74) is 5.78. The van der Waals surface area contributed by atoms with Gasteiger partial charge < -0.3 is 10.5 Å². The molecule has 3 nitrogen and oxygen atoms in total. The summed E-state index contributed by atoms with van der Waals surface area (Å²) in [5, 5.41) is 1.07. The van der Waals surface area contributed by atoms with E-state index in [2.05, 4.69) is 4.98 Å². The molecular weight excluding hydrogens is 216 g/mol. The van der Waals surface area contributed by atoms with Gasteiger partial charge in [-0.2, -0.15) is 11.8 Å². The minimum Gasteiger partial charge on any atom is -0.369 e. The van der Waals surface area contributed by atoms with Crippen LogP contribution in [0.1, 0.15) is 29.0 Å². The average Bonchev–Trinajstić information content (AvgIpc) is 2.68. The number of hydrogen-bond acceptors (Lipinski definition) is 5. The number of rotatable bonds is 2. The van der Waals surface area contributed by atoms with Crippen LogP contribution in [0, 0.1) is 0 Å². The molecule has 0 spiro atoms. The fourth-order valence-corrected chi connectivity index (χ4v) is 3.17. The van der Waals surface area contributed by atoms with Gasteiger partial charge in [0.2, 0.25) is 0 Å². The number of nitrogens with two attached hydrogens (primary N) is 1. The molecular formula is C9H14N2OS2. The first-order valence-electron chi connectivity index (χ1n) is 4.68. The first kappa shape index (κ1) is 10.4. The first-order valence-corrected chi connectivity index (χ1v) is 6.65. The van der Waals surface area contributed by atoms with Crippen molar-refractivity contribution in [1.82, 2.24) is 4.98 Å². The van der Waals surface area contributed by atoms with Gasteiger partial charge in [-0.3, -0.25) is 0 Å². The van der Waals surface area contributed by atoms with Gasteiger partial charge in [-0.1, -0.05) is 0 Å². The van der Waals surface area contributed by atoms with E-state index in [0.29, 0.717) is 0 Å². The largest absolute Gasteiger partial charge is 0.369 e. The number of hydrogen-bond donors (Lipinski definition) is 1. The standard InChI is InChI=1S/C9H14N2OS2/c1-6(10)8-4-11-9(14-8)7-5-13-3-2-12-7/h4,6-7H,2-3,5,10H2,1H3. The molecule has 0 bridgehead atoms. The molecule has 1 fully saturated rings. The van der Waals surface area contributed by atoms with E-state index in [1.807, 2.05) is 24.9 Å². The lowest BCUT2D eigenvalue weighted by Crippen LogP contribution is -2.15. The Labute approximate surface area is 92.1 Å². The monoisotopic (exact) mass is 230 g/mol. The minimum absolute atomic E-state index is 0.0810. The number of aromatic nitrogens is 1. The van der Waals surface area contributed by atoms with Gasteiger partial charge in [-0.15, -0.1) is 11.3 Å². The molecule has 14 heavy (non-hydrogen) atoms. The molecule has 0 aliphatic carbocycles. The summed E-state index contributed by atoms with van der Waals surface area (Å²) >= 11 is 3.60. The van der Waals surface area contributed by atoms with E-state index in [-0.39, 0.29) is 12.1 Å². The van der Waals surface area contributed by atoms with Crippen LogP contribution in [0.25, 0.3) is 0 Å². The smallest absolute Gasteiger partial charge is 0.123 e. The lowest BCUT2D eigenvalue weighted by atomic mass is 10.3. The summed E-state index contributed by atoms with van der Waals surface area (Å²) < 4.78 is 5.64. The summed E-state index contributed by atoms with van der Waals surface area (Å²) in [7, 11) is 0. The molecule has 1 aromatic heterocycles. The van der Waals surface area contributed by atoms with Crippen molar-refractivity contribution in [2.45, 2.75) is 19.1 Å². The van der Waals surface area contributed by atoms with Crippen molar-refractivity contribution in [3.05, 3.63) is 16.1 Å². The highest BCUT2D eigenvalue weighted by Crippen LogP contribution is 2.30. The van der Waals surface area contributed by atoms with E-state index < -0.39 is 0 Å². The van der Waals surface area contributed by atoms with Crippen molar-refractivity contribution in [1.29, 1.82) is 0 Å². The number of thiazole rings is 1. The van der Waals surface area contributed by atoms with Crippen molar-refractivity contribution in [2.24, 2.45) is 5.73 Å². The van der Waals surface area contributed by atoms with E-state index in [4.69, 9.17) is 10.5 Å². The molecule has 2 unspecified atom stereocenters. The Bertz CT molecular complexity index is 295. The second-order valence-corrected chi connectivity index (χ2v) is 5.57. The van der Waals surface area contributed by atoms with Gasteiger partial charge in [0.1, 0.15) is 11.1 Å². The molecule has 1 aliphatic rings. The minimum atomic E-state index is 0.0810. The second-order valence-electron chi connectivity index (χ2n) is 3.32. The van der Waals surface area contributed by atoms with Gasteiger partial charge in [0.05, 0.1) is 6.61 Å². The lowest BCUT2D eigenvalue weighted by Gasteiger charge is -2.19. The Morgan fingerprint density at radius 1 is 1.71 bits per heavy atom. The van der Waals surface area contributed by atoms with E-state index in [0.717, 1.165) is 28.0 Å². The van der Waals surface area contributed by atoms with Gasteiger partial charge >= 0.3 is 0 Å². The quantitative estimate of drug-likeness (QED) is 0.844. The van der Waals surface area contributed by atoms with Crippen LogP contribution in [0.5, 0.6) is 0 Å². The summed E-state index contributed by atoms with van der Waals surface area (Å²) in [6, 6.07) is 0.0810. The van der Waals surface area contributed by atoms with Gasteiger partial charge in [-0.25, -0.2) is 4.98 Å². The molecule has 0 saturated carbocycles. The molecule has 2 atom stereocenters. The van der Waals surface area contributed by atoms with Crippen LogP contribution < -0.4 is 5.73 Å². The zero-order chi connectivity index (χ0) is 9.97. The Kier molecular flexibility index (Phi) is 3.43. The number of nitrogens with zero attached hydrogens (tertiary/aromatic N) is 1. The Balaban J connectivity index is 2.07. The van der Waals surface area contributed by atoms with Crippen molar-refractivity contribution in [3.8, 4) is 0 Å². The normalized spacial score (nSPS) is 24.9. The first-order chi connectivity index (χ1) is 6.77. The third-order valence-electron chi connectivity index (χ3n) is 2.08. The molecule has 5 heteroatoms. The van der Waals surface area contributed by atoms with Crippen LogP contribution in [0.4, 0.5) is 0 Å². The molecule has 1 aromatic rings. The third-order valence-corrected chi connectivity index (χ3v) is 4.37. The van der Waals surface area contributed by atoms with Crippen molar-refractivity contribution >= 4 is 23.1 Å². The zero-order valence-corrected chi connectivity index (χ0v) is 9.74. The highest BCUT2D eigenvalue weighted by Gasteiger charge is 2.20. The topological polar surface area (TPSA) is 48.1 Å². The van der Waals surface area contributed by atoms with Gasteiger partial charge in [-0.05, 0) is 6.92 Å². The van der Waals surface area contributed by atoms with Crippen LogP contribution in [-0.4, -0.2) is 23.1 Å². The average molecular weight is 230 g/mol. The van der Waals surface area contributed by atoms with Crippen LogP contribution in [-0.2, 0) is 4.74 Å². The van der Waals surface area contributed by atoms with Gasteiger partial charge in [0.15, 0.2) is 0 Å². The SMILES string of the molecule is CC(N)c1cnc(C2CSCCO2)s1. The fourth-order valence-electron chi connectivity index (χ4n) is 1.29. The maximum Gasteiger partial charge on any atom is 0.123 e. The van der Waals surface area contributed by atoms with Gasteiger partial charge in [0, 0.05) is 28.6 Å². The molecule has 0 radical (unpaired) electrons. The van der Waals surface area contributed by atoms with Crippen molar-refractivity contribution in [3.63, 3.8) is 0 Å². The van der Waals surface area contributed by atoms with E-state index in [1.54, 1.807) is 11.3 Å². The summed E-state index contributed by atoms with van der Waals surface area (Å²) in [6.07, 6.45) is 2.05. The number of thioether (sulfide) groups is 1. The molecule has 0 aromatic carbocycles. The molecule has 2 N–H and O–H groups in total. The van der Waals surface area contributed by atoms with E-state index in [9.17, 15) is 0 Å². The predicted octanol–water partition coefficient (Wildman–Crippen LogP) is 1.97. The highest BCUT2D eigenvalue weighted by molar-refractivity contribution is 7.99. The Morgan fingerprint density at radius 2 is 2.57 bits per heavy atom. The van der Waals surface area contributed by atoms with Crippen LogP contribution in [0.2, 0.25) is 0 Å². The Hall–Kier alpha value is -0.100. The molecule has 2 rings (SSSR count). The maximum atomic E-state index is 5.78. The number of ether oxygens (including phenoxy) is 1. The summed E-state index contributed by atoms with van der Waals surface area (Å²) in [4.78, 5) is 5.50. The van der Waals surface area contributed by atoms with E-state index in [1.165, 1.54) is 0 Å². The van der Waals surface area contributed by atoms with Crippen LogP contribution >= 0.6 is 23.1 Å². The van der Waals surface area contributed by atoms with Crippen LogP contribution in [0.3, 0.4) is 0 Å². The maximum absolute atomic E-state index is 5.78. The predicted molar refractivity (Wildman–Crippen MR) is 60.7 cm³/mol. The summed E-state index contributed by atoms with van der Waals surface area (Å²) in [5.74, 6) is 2.12.